The molecule has 0 fully saturated rings. The summed E-state index contributed by atoms with van der Waals surface area (Å²) in [6.07, 6.45) is 1.81. The van der Waals surface area contributed by atoms with E-state index in [1.807, 2.05) is 18.2 Å². The number of anilines is 1. The molecule has 96 valence electrons. The number of para-hydroxylation sites is 1. The highest BCUT2D eigenvalue weighted by atomic mass is 19.2. The summed E-state index contributed by atoms with van der Waals surface area (Å²) >= 11 is 0. The van der Waals surface area contributed by atoms with Crippen LogP contribution in [0.25, 0.3) is 0 Å². The SMILES string of the molecule is O=C(c1ccnc(F)c1F)N1CCc2ccccc21. The van der Waals surface area contributed by atoms with Crippen LogP contribution in [-0.2, 0) is 6.42 Å². The van der Waals surface area contributed by atoms with Gasteiger partial charge in [0.2, 0.25) is 5.95 Å². The molecule has 0 atom stereocenters. The van der Waals surface area contributed by atoms with Crippen LogP contribution in [0, 0.1) is 11.8 Å². The van der Waals surface area contributed by atoms with E-state index >= 15 is 0 Å². The van der Waals surface area contributed by atoms with Crippen molar-refractivity contribution >= 4 is 11.6 Å². The fourth-order valence-corrected chi connectivity index (χ4v) is 2.28. The summed E-state index contributed by atoms with van der Waals surface area (Å²) in [6, 6.07) is 8.62. The third-order valence-corrected chi connectivity index (χ3v) is 3.21. The van der Waals surface area contributed by atoms with Crippen LogP contribution < -0.4 is 4.90 Å². The first kappa shape index (κ1) is 11.8. The number of pyridine rings is 1. The van der Waals surface area contributed by atoms with Gasteiger partial charge in [-0.05, 0) is 24.1 Å². The number of rotatable bonds is 1. The van der Waals surface area contributed by atoms with Crippen LogP contribution in [0.4, 0.5) is 14.5 Å². The number of halogens is 2. The van der Waals surface area contributed by atoms with Gasteiger partial charge in [-0.25, -0.2) is 9.37 Å². The Hall–Kier alpha value is -2.30. The second-order valence-electron chi connectivity index (χ2n) is 4.30. The lowest BCUT2D eigenvalue weighted by Crippen LogP contribution is -2.30. The van der Waals surface area contributed by atoms with Crippen molar-refractivity contribution in [1.29, 1.82) is 0 Å². The second-order valence-corrected chi connectivity index (χ2v) is 4.30. The number of benzene rings is 1. The van der Waals surface area contributed by atoms with E-state index in [0.29, 0.717) is 6.54 Å². The maximum Gasteiger partial charge on any atom is 0.261 e. The molecule has 0 saturated carbocycles. The van der Waals surface area contributed by atoms with Gasteiger partial charge in [-0.1, -0.05) is 18.2 Å². The molecule has 0 aliphatic carbocycles. The van der Waals surface area contributed by atoms with Crippen LogP contribution in [0.2, 0.25) is 0 Å². The highest BCUT2D eigenvalue weighted by Crippen LogP contribution is 2.29. The molecular weight excluding hydrogens is 250 g/mol. The Morgan fingerprint density at radius 2 is 2.00 bits per heavy atom. The van der Waals surface area contributed by atoms with Crippen molar-refractivity contribution < 1.29 is 13.6 Å². The molecule has 0 spiro atoms. The largest absolute Gasteiger partial charge is 0.308 e. The zero-order valence-corrected chi connectivity index (χ0v) is 9.94. The summed E-state index contributed by atoms with van der Waals surface area (Å²) in [7, 11) is 0. The van der Waals surface area contributed by atoms with Gasteiger partial charge in [0, 0.05) is 18.4 Å². The molecular formula is C14H10F2N2O. The minimum Gasteiger partial charge on any atom is -0.308 e. The number of nitrogens with zero attached hydrogens (tertiary/aromatic N) is 2. The van der Waals surface area contributed by atoms with Crippen molar-refractivity contribution in [2.24, 2.45) is 0 Å². The molecule has 1 amide bonds. The number of carbonyl (C=O) groups is 1. The molecule has 1 aliphatic heterocycles. The molecule has 5 heteroatoms. The van der Waals surface area contributed by atoms with E-state index in [1.165, 1.54) is 11.0 Å². The molecule has 19 heavy (non-hydrogen) atoms. The molecule has 2 aromatic rings. The zero-order chi connectivity index (χ0) is 13.4. The molecule has 0 bridgehead atoms. The number of fused-ring (bicyclic) bond motifs is 1. The van der Waals surface area contributed by atoms with E-state index in [1.54, 1.807) is 6.07 Å². The van der Waals surface area contributed by atoms with Gasteiger partial charge in [0.25, 0.3) is 5.91 Å². The van der Waals surface area contributed by atoms with Gasteiger partial charge in [-0.2, -0.15) is 4.39 Å². The van der Waals surface area contributed by atoms with Gasteiger partial charge in [0.15, 0.2) is 5.82 Å². The lowest BCUT2D eigenvalue weighted by atomic mass is 10.1. The minimum absolute atomic E-state index is 0.288. The summed E-state index contributed by atoms with van der Waals surface area (Å²) in [5.41, 5.74) is 1.50. The Morgan fingerprint density at radius 3 is 2.84 bits per heavy atom. The number of hydrogen-bond donors (Lipinski definition) is 0. The van der Waals surface area contributed by atoms with Crippen molar-refractivity contribution in [3.63, 3.8) is 0 Å². The van der Waals surface area contributed by atoms with Gasteiger partial charge < -0.3 is 4.90 Å². The maximum atomic E-state index is 13.6. The van der Waals surface area contributed by atoms with Crippen molar-refractivity contribution in [3.05, 3.63) is 59.4 Å². The van der Waals surface area contributed by atoms with E-state index in [9.17, 15) is 13.6 Å². The number of amides is 1. The van der Waals surface area contributed by atoms with Gasteiger partial charge in [0.05, 0.1) is 5.56 Å². The molecule has 3 rings (SSSR count). The Labute approximate surface area is 108 Å². The normalized spacial score (nSPS) is 13.5. The molecule has 2 heterocycles. The van der Waals surface area contributed by atoms with Crippen LogP contribution in [0.1, 0.15) is 15.9 Å². The Kier molecular flexibility index (Phi) is 2.74. The molecule has 0 unspecified atom stereocenters. The fraction of sp³-hybridized carbons (Fsp3) is 0.143. The molecule has 1 aromatic heterocycles. The van der Waals surface area contributed by atoms with Crippen LogP contribution >= 0.6 is 0 Å². The Morgan fingerprint density at radius 1 is 1.21 bits per heavy atom. The summed E-state index contributed by atoms with van der Waals surface area (Å²) in [6.45, 7) is 0.474. The second kappa shape index (κ2) is 4.42. The van der Waals surface area contributed by atoms with E-state index in [2.05, 4.69) is 4.98 Å². The molecule has 0 saturated heterocycles. The number of aromatic nitrogens is 1. The van der Waals surface area contributed by atoms with Gasteiger partial charge in [-0.15, -0.1) is 0 Å². The smallest absolute Gasteiger partial charge is 0.261 e. The first-order valence-electron chi connectivity index (χ1n) is 5.88. The van der Waals surface area contributed by atoms with Crippen molar-refractivity contribution in [3.8, 4) is 0 Å². The highest BCUT2D eigenvalue weighted by molar-refractivity contribution is 6.07. The molecule has 1 aliphatic rings. The molecule has 1 aromatic carbocycles. The Balaban J connectivity index is 2.00. The van der Waals surface area contributed by atoms with Gasteiger partial charge in [-0.3, -0.25) is 4.79 Å². The third kappa shape index (κ3) is 1.87. The van der Waals surface area contributed by atoms with Crippen molar-refractivity contribution in [1.82, 2.24) is 4.98 Å². The zero-order valence-electron chi connectivity index (χ0n) is 9.94. The van der Waals surface area contributed by atoms with Gasteiger partial charge >= 0.3 is 0 Å². The maximum absolute atomic E-state index is 13.6. The highest BCUT2D eigenvalue weighted by Gasteiger charge is 2.27. The Bertz CT molecular complexity index is 658. The fourth-order valence-electron chi connectivity index (χ4n) is 2.28. The lowest BCUT2D eigenvalue weighted by molar-refractivity contribution is 0.0984. The standard InChI is InChI=1S/C14H10F2N2O/c15-12-10(5-7-17-13(12)16)14(19)18-8-6-9-3-1-2-4-11(9)18/h1-5,7H,6,8H2. The van der Waals surface area contributed by atoms with Crippen molar-refractivity contribution in [2.75, 3.05) is 11.4 Å². The minimum atomic E-state index is -1.25. The van der Waals surface area contributed by atoms with Crippen molar-refractivity contribution in [2.45, 2.75) is 6.42 Å². The van der Waals surface area contributed by atoms with Gasteiger partial charge in [0.1, 0.15) is 0 Å². The first-order valence-corrected chi connectivity index (χ1v) is 5.88. The van der Waals surface area contributed by atoms with E-state index in [0.717, 1.165) is 23.9 Å². The summed E-state index contributed by atoms with van der Waals surface area (Å²) in [5, 5.41) is 0. The number of carbonyl (C=O) groups excluding carboxylic acids is 1. The first-order chi connectivity index (χ1) is 9.18. The summed E-state index contributed by atoms with van der Waals surface area (Å²) in [5.74, 6) is -2.99. The summed E-state index contributed by atoms with van der Waals surface area (Å²) in [4.78, 5) is 16.9. The quantitative estimate of drug-likeness (QED) is 0.738. The van der Waals surface area contributed by atoms with Crippen LogP contribution in [-0.4, -0.2) is 17.4 Å². The predicted octanol–water partition coefficient (Wildman–Crippen LogP) is 2.56. The third-order valence-electron chi connectivity index (χ3n) is 3.21. The average Bonchev–Trinajstić information content (AvgIpc) is 2.85. The van der Waals surface area contributed by atoms with E-state index in [-0.39, 0.29) is 5.56 Å². The summed E-state index contributed by atoms with van der Waals surface area (Å²) < 4.78 is 26.7. The van der Waals surface area contributed by atoms with Crippen LogP contribution in [0.3, 0.4) is 0 Å². The van der Waals surface area contributed by atoms with Crippen LogP contribution in [0.5, 0.6) is 0 Å². The monoisotopic (exact) mass is 260 g/mol. The van der Waals surface area contributed by atoms with E-state index in [4.69, 9.17) is 0 Å². The topological polar surface area (TPSA) is 33.2 Å². The molecule has 0 N–H and O–H groups in total. The van der Waals surface area contributed by atoms with Crippen LogP contribution in [0.15, 0.2) is 36.5 Å². The number of hydrogen-bond acceptors (Lipinski definition) is 2. The van der Waals surface area contributed by atoms with E-state index < -0.39 is 17.7 Å². The molecule has 3 nitrogen and oxygen atoms in total. The predicted molar refractivity (Wildman–Crippen MR) is 66.0 cm³/mol. The molecule has 0 radical (unpaired) electrons. The average molecular weight is 260 g/mol. The lowest BCUT2D eigenvalue weighted by Gasteiger charge is -2.17.